The molecule has 0 spiro atoms. The molecule has 1 unspecified atom stereocenters. The average Bonchev–Trinajstić information content (AvgIpc) is 2.74. The van der Waals surface area contributed by atoms with Crippen LogP contribution in [0, 0.1) is 5.41 Å². The maximum absolute atomic E-state index is 12.7. The van der Waals surface area contributed by atoms with Crippen molar-refractivity contribution in [3.8, 4) is 11.1 Å². The molecular formula is C27H37NO5. The largest absolute Gasteiger partial charge is 0.466 e. The molecule has 2 rings (SSSR count). The molecule has 33 heavy (non-hydrogen) atoms. The molecule has 180 valence electrons. The van der Waals surface area contributed by atoms with Crippen LogP contribution < -0.4 is 5.32 Å². The number of esters is 1. The van der Waals surface area contributed by atoms with Crippen molar-refractivity contribution in [2.24, 2.45) is 5.41 Å². The van der Waals surface area contributed by atoms with Gasteiger partial charge in [-0.15, -0.1) is 0 Å². The third-order valence-electron chi connectivity index (χ3n) is 5.19. The zero-order valence-corrected chi connectivity index (χ0v) is 20.6. The highest BCUT2D eigenvalue weighted by atomic mass is 16.6. The first-order valence-electron chi connectivity index (χ1n) is 11.4. The van der Waals surface area contributed by atoms with E-state index >= 15 is 0 Å². The topological polar surface area (TPSA) is 73.9 Å². The second-order valence-corrected chi connectivity index (χ2v) is 9.53. The van der Waals surface area contributed by atoms with Gasteiger partial charge < -0.3 is 19.5 Å². The predicted molar refractivity (Wildman–Crippen MR) is 130 cm³/mol. The maximum Gasteiger partial charge on any atom is 0.407 e. The van der Waals surface area contributed by atoms with Crippen LogP contribution in [0.2, 0.25) is 0 Å². The van der Waals surface area contributed by atoms with Crippen molar-refractivity contribution in [2.75, 3.05) is 20.3 Å². The fourth-order valence-corrected chi connectivity index (χ4v) is 3.77. The van der Waals surface area contributed by atoms with E-state index in [0.29, 0.717) is 12.8 Å². The van der Waals surface area contributed by atoms with Crippen LogP contribution in [0.15, 0.2) is 54.6 Å². The highest BCUT2D eigenvalue weighted by molar-refractivity contribution is 5.77. The van der Waals surface area contributed by atoms with E-state index in [0.717, 1.165) is 16.7 Å². The monoisotopic (exact) mass is 455 g/mol. The number of rotatable bonds is 10. The van der Waals surface area contributed by atoms with Crippen molar-refractivity contribution in [3.05, 3.63) is 60.2 Å². The summed E-state index contributed by atoms with van der Waals surface area (Å²) >= 11 is 0. The zero-order chi connectivity index (χ0) is 24.5. The van der Waals surface area contributed by atoms with E-state index in [1.165, 1.54) is 0 Å². The van der Waals surface area contributed by atoms with Crippen LogP contribution in [0.5, 0.6) is 0 Å². The summed E-state index contributed by atoms with van der Waals surface area (Å²) in [6.45, 7) is 9.49. The molecule has 0 saturated carbocycles. The van der Waals surface area contributed by atoms with Crippen molar-refractivity contribution < 1.29 is 23.8 Å². The highest BCUT2D eigenvalue weighted by Crippen LogP contribution is 2.28. The molecule has 0 bridgehead atoms. The standard InChI is InChI=1S/C27H37NO5/c1-7-32-24(29)27(5,19-31-6)18-23(28-25(30)33-26(2,3)4)17-20-13-15-22(16-14-20)21-11-9-8-10-12-21/h8-16,23H,7,17-19H2,1-6H3,(H,28,30)/t23-,27?/m1/s1. The van der Waals surface area contributed by atoms with E-state index in [4.69, 9.17) is 14.2 Å². The van der Waals surface area contributed by atoms with E-state index in [2.05, 4.69) is 29.6 Å². The third kappa shape index (κ3) is 8.54. The Morgan fingerprint density at radius 2 is 1.55 bits per heavy atom. The van der Waals surface area contributed by atoms with Gasteiger partial charge in [0, 0.05) is 13.2 Å². The minimum absolute atomic E-state index is 0.186. The van der Waals surface area contributed by atoms with Crippen LogP contribution in [0.4, 0.5) is 4.79 Å². The van der Waals surface area contributed by atoms with Gasteiger partial charge in [-0.3, -0.25) is 4.79 Å². The van der Waals surface area contributed by atoms with Gasteiger partial charge in [0.1, 0.15) is 5.60 Å². The summed E-state index contributed by atoms with van der Waals surface area (Å²) in [5, 5.41) is 2.95. The van der Waals surface area contributed by atoms with Crippen LogP contribution in [0.3, 0.4) is 0 Å². The van der Waals surface area contributed by atoms with E-state index in [-0.39, 0.29) is 25.2 Å². The molecule has 0 aliphatic carbocycles. The number of nitrogens with one attached hydrogen (secondary N) is 1. The minimum Gasteiger partial charge on any atom is -0.466 e. The number of carbonyl (C=O) groups is 2. The molecule has 0 radical (unpaired) electrons. The lowest BCUT2D eigenvalue weighted by Crippen LogP contribution is -2.46. The molecule has 2 aromatic carbocycles. The summed E-state index contributed by atoms with van der Waals surface area (Å²) in [7, 11) is 1.55. The van der Waals surface area contributed by atoms with Gasteiger partial charge in [-0.25, -0.2) is 4.79 Å². The lowest BCUT2D eigenvalue weighted by atomic mass is 9.82. The highest BCUT2D eigenvalue weighted by Gasteiger charge is 2.38. The number of alkyl carbamates (subject to hydrolysis) is 1. The molecule has 2 atom stereocenters. The number of hydrogen-bond donors (Lipinski definition) is 1. The SMILES string of the molecule is CCOC(=O)C(C)(COC)C[C@@H](Cc1ccc(-c2ccccc2)cc1)NC(=O)OC(C)(C)C. The summed E-state index contributed by atoms with van der Waals surface area (Å²) in [5.41, 5.74) is 1.77. The van der Waals surface area contributed by atoms with Gasteiger partial charge in [-0.05, 0) is 64.2 Å². The Morgan fingerprint density at radius 1 is 0.939 bits per heavy atom. The van der Waals surface area contributed by atoms with Crippen LogP contribution in [-0.4, -0.2) is 44.0 Å². The molecular weight excluding hydrogens is 418 g/mol. The van der Waals surface area contributed by atoms with Gasteiger partial charge in [0.05, 0.1) is 18.6 Å². The van der Waals surface area contributed by atoms with E-state index < -0.39 is 17.1 Å². The Bertz CT molecular complexity index is 889. The molecule has 2 aromatic rings. The number of hydrogen-bond acceptors (Lipinski definition) is 5. The van der Waals surface area contributed by atoms with Crippen LogP contribution in [0.25, 0.3) is 11.1 Å². The van der Waals surface area contributed by atoms with Crippen molar-refractivity contribution in [3.63, 3.8) is 0 Å². The summed E-state index contributed by atoms with van der Waals surface area (Å²) < 4.78 is 16.1. The molecule has 1 N–H and O–H groups in total. The third-order valence-corrected chi connectivity index (χ3v) is 5.19. The predicted octanol–water partition coefficient (Wildman–Crippen LogP) is 5.40. The van der Waals surface area contributed by atoms with Crippen LogP contribution in [-0.2, 0) is 25.4 Å². The van der Waals surface area contributed by atoms with E-state index in [1.54, 1.807) is 21.0 Å². The second kappa shape index (κ2) is 11.8. The number of methoxy groups -OCH3 is 1. The van der Waals surface area contributed by atoms with Crippen molar-refractivity contribution in [1.82, 2.24) is 5.32 Å². The summed E-state index contributed by atoms with van der Waals surface area (Å²) in [6, 6.07) is 18.0. The fourth-order valence-electron chi connectivity index (χ4n) is 3.77. The van der Waals surface area contributed by atoms with Gasteiger partial charge in [0.2, 0.25) is 0 Å². The van der Waals surface area contributed by atoms with Gasteiger partial charge >= 0.3 is 12.1 Å². The first-order valence-corrected chi connectivity index (χ1v) is 11.4. The van der Waals surface area contributed by atoms with Crippen molar-refractivity contribution >= 4 is 12.1 Å². The molecule has 6 heteroatoms. The fraction of sp³-hybridized carbons (Fsp3) is 0.481. The molecule has 0 saturated heterocycles. The normalized spacial score (nSPS) is 14.1. The molecule has 0 aliphatic rings. The molecule has 0 fully saturated rings. The van der Waals surface area contributed by atoms with E-state index in [9.17, 15) is 9.59 Å². The first kappa shape index (κ1) is 26.4. The second-order valence-electron chi connectivity index (χ2n) is 9.53. The number of carbonyl (C=O) groups excluding carboxylic acids is 2. The van der Waals surface area contributed by atoms with Gasteiger partial charge in [-0.2, -0.15) is 0 Å². The number of amides is 1. The molecule has 6 nitrogen and oxygen atoms in total. The Hall–Kier alpha value is -2.86. The van der Waals surface area contributed by atoms with Gasteiger partial charge in [-0.1, -0.05) is 54.6 Å². The Balaban J connectivity index is 2.24. The Labute approximate surface area is 197 Å². The zero-order valence-electron chi connectivity index (χ0n) is 20.6. The van der Waals surface area contributed by atoms with Crippen molar-refractivity contribution in [1.29, 1.82) is 0 Å². The smallest absolute Gasteiger partial charge is 0.407 e. The summed E-state index contributed by atoms with van der Waals surface area (Å²) in [5.74, 6) is -0.345. The molecule has 0 aromatic heterocycles. The molecule has 0 aliphatic heterocycles. The van der Waals surface area contributed by atoms with Crippen LogP contribution in [0.1, 0.15) is 46.6 Å². The number of ether oxygens (including phenoxy) is 3. The summed E-state index contributed by atoms with van der Waals surface area (Å²) in [6.07, 6.45) is 0.365. The van der Waals surface area contributed by atoms with Gasteiger partial charge in [0.15, 0.2) is 0 Å². The molecule has 1 amide bonds. The van der Waals surface area contributed by atoms with E-state index in [1.807, 2.05) is 51.1 Å². The van der Waals surface area contributed by atoms with Crippen LogP contribution >= 0.6 is 0 Å². The first-order chi connectivity index (χ1) is 15.6. The quantitative estimate of drug-likeness (QED) is 0.486. The minimum atomic E-state index is -0.908. The number of benzene rings is 2. The lowest BCUT2D eigenvalue weighted by Gasteiger charge is -2.31. The van der Waals surface area contributed by atoms with Gasteiger partial charge in [0.25, 0.3) is 0 Å². The van der Waals surface area contributed by atoms with Crippen molar-refractivity contribution in [2.45, 2.75) is 59.1 Å². The Kier molecular flexibility index (Phi) is 9.47. The lowest BCUT2D eigenvalue weighted by molar-refractivity contribution is -0.158. The average molecular weight is 456 g/mol. The maximum atomic E-state index is 12.7. The Morgan fingerprint density at radius 3 is 2.09 bits per heavy atom. The molecule has 0 heterocycles. The summed E-state index contributed by atoms with van der Waals surface area (Å²) in [4.78, 5) is 25.3.